The van der Waals surface area contributed by atoms with Crippen molar-refractivity contribution in [2.24, 2.45) is 0 Å². The molecule has 0 heterocycles. The first-order valence-electron chi connectivity index (χ1n) is 7.35. The molecular formula is C16H27BrINO2. The molecular weight excluding hydrogens is 445 g/mol. The topological polar surface area (TPSA) is 29.5 Å². The lowest BCUT2D eigenvalue weighted by molar-refractivity contribution is -0.890. The van der Waals surface area contributed by atoms with E-state index in [1.807, 2.05) is 18.2 Å². The standard InChI is InChI=1S/C16H27INO2.BrH/c1-18(2,11-5-7-13-19)12-6-8-14-20-16-10-4-3-9-15(16)17;/h3-4,9-10,19H,5-8,11-14H2,1-2H3;1H/q+1;/p-1. The number of nitrogens with zero attached hydrogens (tertiary/aromatic N) is 1. The molecule has 0 bridgehead atoms. The molecule has 0 spiro atoms. The van der Waals surface area contributed by atoms with Crippen molar-refractivity contribution in [1.29, 1.82) is 0 Å². The van der Waals surface area contributed by atoms with Crippen LogP contribution in [0.15, 0.2) is 24.3 Å². The number of unbranched alkanes of at least 4 members (excludes halogenated alkanes) is 2. The van der Waals surface area contributed by atoms with Crippen molar-refractivity contribution in [2.45, 2.75) is 25.7 Å². The van der Waals surface area contributed by atoms with E-state index in [1.165, 1.54) is 16.5 Å². The lowest BCUT2D eigenvalue weighted by Gasteiger charge is -2.29. The zero-order valence-electron chi connectivity index (χ0n) is 13.0. The highest BCUT2D eigenvalue weighted by Gasteiger charge is 2.13. The largest absolute Gasteiger partial charge is 1.00 e. The first-order chi connectivity index (χ1) is 9.55. The third-order valence-corrected chi connectivity index (χ3v) is 4.31. The fourth-order valence-electron chi connectivity index (χ4n) is 2.15. The normalized spacial score (nSPS) is 11.0. The summed E-state index contributed by atoms with van der Waals surface area (Å²) in [7, 11) is 4.52. The average molecular weight is 472 g/mol. The molecule has 1 N–H and O–H groups in total. The molecule has 0 aromatic heterocycles. The van der Waals surface area contributed by atoms with Gasteiger partial charge >= 0.3 is 0 Å². The highest BCUT2D eigenvalue weighted by molar-refractivity contribution is 14.1. The maximum Gasteiger partial charge on any atom is 0.132 e. The summed E-state index contributed by atoms with van der Waals surface area (Å²) < 4.78 is 8.00. The number of para-hydroxylation sites is 1. The van der Waals surface area contributed by atoms with Gasteiger partial charge in [-0.1, -0.05) is 12.1 Å². The Morgan fingerprint density at radius 1 is 1.05 bits per heavy atom. The van der Waals surface area contributed by atoms with Crippen LogP contribution in [0.2, 0.25) is 0 Å². The van der Waals surface area contributed by atoms with E-state index in [1.54, 1.807) is 0 Å². The number of aliphatic hydroxyl groups is 1. The van der Waals surface area contributed by atoms with E-state index in [9.17, 15) is 0 Å². The Morgan fingerprint density at radius 3 is 2.29 bits per heavy atom. The summed E-state index contributed by atoms with van der Waals surface area (Å²) in [6, 6.07) is 8.13. The molecule has 5 heteroatoms. The van der Waals surface area contributed by atoms with Crippen LogP contribution in [0.5, 0.6) is 5.75 Å². The van der Waals surface area contributed by atoms with Gasteiger partial charge in [0.15, 0.2) is 0 Å². The summed E-state index contributed by atoms with van der Waals surface area (Å²) in [6.07, 6.45) is 4.28. The lowest BCUT2D eigenvalue weighted by Crippen LogP contribution is -3.00. The quantitative estimate of drug-likeness (QED) is 0.302. The van der Waals surface area contributed by atoms with Crippen molar-refractivity contribution in [3.63, 3.8) is 0 Å². The van der Waals surface area contributed by atoms with Gasteiger partial charge in [0.25, 0.3) is 0 Å². The van der Waals surface area contributed by atoms with Gasteiger partial charge in [-0.2, -0.15) is 0 Å². The van der Waals surface area contributed by atoms with Gasteiger partial charge in [-0.25, -0.2) is 0 Å². The highest BCUT2D eigenvalue weighted by Crippen LogP contribution is 2.19. The summed E-state index contributed by atoms with van der Waals surface area (Å²) in [6.45, 7) is 3.40. The van der Waals surface area contributed by atoms with Gasteiger partial charge in [0.05, 0.1) is 37.4 Å². The van der Waals surface area contributed by atoms with Gasteiger partial charge in [-0.15, -0.1) is 0 Å². The van der Waals surface area contributed by atoms with Crippen LogP contribution >= 0.6 is 22.6 Å². The highest BCUT2D eigenvalue weighted by atomic mass is 127. The molecule has 0 fully saturated rings. The molecule has 0 aliphatic carbocycles. The maximum absolute atomic E-state index is 8.82. The molecule has 0 aliphatic heterocycles. The molecule has 0 saturated carbocycles. The second-order valence-electron chi connectivity index (χ2n) is 5.80. The van der Waals surface area contributed by atoms with Crippen LogP contribution in [0, 0.1) is 3.57 Å². The van der Waals surface area contributed by atoms with Gasteiger partial charge in [-0.05, 0) is 60.4 Å². The SMILES string of the molecule is C[N+](C)(CCCCO)CCCCOc1ccccc1I.[Br-]. The molecule has 0 saturated heterocycles. The van der Waals surface area contributed by atoms with Gasteiger partial charge in [0.1, 0.15) is 5.75 Å². The monoisotopic (exact) mass is 471 g/mol. The van der Waals surface area contributed by atoms with Gasteiger partial charge in [0, 0.05) is 6.61 Å². The Hall–Kier alpha value is 0.150. The van der Waals surface area contributed by atoms with Crippen molar-refractivity contribution >= 4 is 22.6 Å². The minimum Gasteiger partial charge on any atom is -1.00 e. The fraction of sp³-hybridized carbons (Fsp3) is 0.625. The predicted molar refractivity (Wildman–Crippen MR) is 92.1 cm³/mol. The van der Waals surface area contributed by atoms with Crippen LogP contribution in [0.25, 0.3) is 0 Å². The number of ether oxygens (including phenoxy) is 1. The van der Waals surface area contributed by atoms with Gasteiger partial charge in [0.2, 0.25) is 0 Å². The third-order valence-electron chi connectivity index (χ3n) is 3.42. The van der Waals surface area contributed by atoms with Crippen LogP contribution in [-0.4, -0.2) is 50.0 Å². The fourth-order valence-corrected chi connectivity index (χ4v) is 2.69. The summed E-state index contributed by atoms with van der Waals surface area (Å²) in [5.74, 6) is 0.991. The first-order valence-corrected chi connectivity index (χ1v) is 8.43. The van der Waals surface area contributed by atoms with Crippen molar-refractivity contribution in [1.82, 2.24) is 0 Å². The molecule has 0 radical (unpaired) electrons. The first kappa shape index (κ1) is 21.1. The van der Waals surface area contributed by atoms with Crippen LogP contribution in [0.3, 0.4) is 0 Å². The third kappa shape index (κ3) is 9.71. The molecule has 0 atom stereocenters. The zero-order valence-corrected chi connectivity index (χ0v) is 16.8. The molecule has 0 amide bonds. The van der Waals surface area contributed by atoms with Crippen LogP contribution in [0.4, 0.5) is 0 Å². The van der Waals surface area contributed by atoms with Gasteiger partial charge < -0.3 is 31.3 Å². The van der Waals surface area contributed by atoms with E-state index in [2.05, 4.69) is 42.8 Å². The second-order valence-corrected chi connectivity index (χ2v) is 6.96. The Kier molecular flexibility index (Phi) is 11.8. The van der Waals surface area contributed by atoms with E-state index in [-0.39, 0.29) is 17.0 Å². The van der Waals surface area contributed by atoms with Gasteiger partial charge in [-0.3, -0.25) is 0 Å². The number of quaternary nitrogens is 1. The smallest absolute Gasteiger partial charge is 0.132 e. The molecule has 0 aliphatic rings. The van der Waals surface area contributed by atoms with Crippen molar-refractivity contribution < 1.29 is 31.3 Å². The summed E-state index contributed by atoms with van der Waals surface area (Å²) in [5.41, 5.74) is 0. The van der Waals surface area contributed by atoms with E-state index >= 15 is 0 Å². The zero-order chi connectivity index (χ0) is 14.8. The minimum atomic E-state index is 0. The Balaban J connectivity index is 0.00000400. The van der Waals surface area contributed by atoms with E-state index < -0.39 is 0 Å². The summed E-state index contributed by atoms with van der Waals surface area (Å²) in [5, 5.41) is 8.82. The molecule has 21 heavy (non-hydrogen) atoms. The van der Waals surface area contributed by atoms with Crippen LogP contribution in [-0.2, 0) is 0 Å². The Bertz CT molecular complexity index is 388. The van der Waals surface area contributed by atoms with Crippen LogP contribution in [0.1, 0.15) is 25.7 Å². The molecule has 1 aromatic rings. The number of hydrogen-bond acceptors (Lipinski definition) is 2. The average Bonchev–Trinajstić information content (AvgIpc) is 2.40. The molecule has 122 valence electrons. The number of aliphatic hydroxyl groups excluding tert-OH is 1. The van der Waals surface area contributed by atoms with Crippen molar-refractivity contribution in [2.75, 3.05) is 40.4 Å². The Labute approximate surface area is 153 Å². The van der Waals surface area contributed by atoms with E-state index in [4.69, 9.17) is 9.84 Å². The molecule has 0 unspecified atom stereocenters. The molecule has 1 aromatic carbocycles. The van der Waals surface area contributed by atoms with Crippen molar-refractivity contribution in [3.8, 4) is 5.75 Å². The van der Waals surface area contributed by atoms with E-state index in [0.717, 1.165) is 42.6 Å². The molecule has 3 nitrogen and oxygen atoms in total. The number of hydrogen-bond donors (Lipinski definition) is 1. The number of halogens is 2. The summed E-state index contributed by atoms with van der Waals surface area (Å²) in [4.78, 5) is 0. The second kappa shape index (κ2) is 11.7. The lowest BCUT2D eigenvalue weighted by atomic mass is 10.2. The predicted octanol–water partition coefficient (Wildman–Crippen LogP) is 0.303. The van der Waals surface area contributed by atoms with E-state index in [0.29, 0.717) is 6.61 Å². The van der Waals surface area contributed by atoms with Crippen LogP contribution < -0.4 is 21.7 Å². The molecule has 1 rings (SSSR count). The Morgan fingerprint density at radius 2 is 1.67 bits per heavy atom. The number of rotatable bonds is 10. The minimum absolute atomic E-state index is 0. The number of benzene rings is 1. The van der Waals surface area contributed by atoms with Crippen molar-refractivity contribution in [3.05, 3.63) is 27.8 Å². The maximum atomic E-state index is 8.82. The summed E-state index contributed by atoms with van der Waals surface area (Å²) >= 11 is 2.30.